The van der Waals surface area contributed by atoms with E-state index in [1.165, 1.54) is 6.21 Å². The molecule has 2 aromatic carbocycles. The molecule has 2 amide bonds. The SMILES string of the molecule is NC(=O)N/N=C\c1cn(Cc2ccccc2)nc1-c1ccc2c(c1)OCCCO2. The number of nitrogens with one attached hydrogen (secondary N) is 1. The number of carbonyl (C=O) groups excluding carboxylic acids is 1. The number of nitrogens with zero attached hydrogens (tertiary/aromatic N) is 3. The van der Waals surface area contributed by atoms with Crippen molar-refractivity contribution >= 4 is 12.2 Å². The van der Waals surface area contributed by atoms with Crippen molar-refractivity contribution in [1.82, 2.24) is 15.2 Å². The van der Waals surface area contributed by atoms with Crippen LogP contribution in [0.15, 0.2) is 59.8 Å². The Hall–Kier alpha value is -3.81. The monoisotopic (exact) mass is 391 g/mol. The second kappa shape index (κ2) is 8.47. The van der Waals surface area contributed by atoms with Crippen molar-refractivity contribution in [3.05, 3.63) is 65.9 Å². The third-order valence-electron chi connectivity index (χ3n) is 4.38. The summed E-state index contributed by atoms with van der Waals surface area (Å²) in [5, 5.41) is 8.62. The van der Waals surface area contributed by atoms with Gasteiger partial charge in [0.1, 0.15) is 5.69 Å². The van der Waals surface area contributed by atoms with Crippen LogP contribution in [0.3, 0.4) is 0 Å². The van der Waals surface area contributed by atoms with Crippen molar-refractivity contribution in [2.45, 2.75) is 13.0 Å². The number of fused-ring (bicyclic) bond motifs is 1. The maximum absolute atomic E-state index is 10.9. The van der Waals surface area contributed by atoms with Crippen LogP contribution in [0.2, 0.25) is 0 Å². The van der Waals surface area contributed by atoms with Crippen LogP contribution in [-0.4, -0.2) is 35.2 Å². The Balaban J connectivity index is 1.69. The van der Waals surface area contributed by atoms with E-state index in [2.05, 4.69) is 10.5 Å². The third kappa shape index (κ3) is 4.55. The molecule has 0 radical (unpaired) electrons. The Labute approximate surface area is 167 Å². The minimum atomic E-state index is -0.727. The van der Waals surface area contributed by atoms with E-state index in [4.69, 9.17) is 20.3 Å². The maximum Gasteiger partial charge on any atom is 0.332 e. The normalized spacial score (nSPS) is 13.2. The maximum atomic E-state index is 10.9. The summed E-state index contributed by atoms with van der Waals surface area (Å²) in [4.78, 5) is 10.9. The van der Waals surface area contributed by atoms with Gasteiger partial charge >= 0.3 is 6.03 Å². The van der Waals surface area contributed by atoms with Gasteiger partial charge in [-0.05, 0) is 23.8 Å². The van der Waals surface area contributed by atoms with Gasteiger partial charge in [-0.15, -0.1) is 0 Å². The zero-order valence-corrected chi connectivity index (χ0v) is 15.7. The van der Waals surface area contributed by atoms with Gasteiger partial charge < -0.3 is 15.2 Å². The van der Waals surface area contributed by atoms with Crippen molar-refractivity contribution in [3.8, 4) is 22.8 Å². The molecule has 3 N–H and O–H groups in total. The summed E-state index contributed by atoms with van der Waals surface area (Å²) in [6.07, 6.45) is 4.24. The lowest BCUT2D eigenvalue weighted by Gasteiger charge is -2.08. The van der Waals surface area contributed by atoms with Crippen molar-refractivity contribution in [3.63, 3.8) is 0 Å². The highest BCUT2D eigenvalue weighted by Gasteiger charge is 2.15. The molecule has 1 aliphatic rings. The third-order valence-corrected chi connectivity index (χ3v) is 4.38. The molecule has 8 nitrogen and oxygen atoms in total. The van der Waals surface area contributed by atoms with Crippen LogP contribution in [0.1, 0.15) is 17.5 Å². The van der Waals surface area contributed by atoms with E-state index < -0.39 is 6.03 Å². The molecule has 1 aliphatic heterocycles. The number of benzene rings is 2. The summed E-state index contributed by atoms with van der Waals surface area (Å²) in [5.41, 5.74) is 10.7. The number of aromatic nitrogens is 2. The minimum Gasteiger partial charge on any atom is -0.490 e. The van der Waals surface area contributed by atoms with Gasteiger partial charge in [-0.25, -0.2) is 10.2 Å². The first-order valence-electron chi connectivity index (χ1n) is 9.29. The second-order valence-corrected chi connectivity index (χ2v) is 6.56. The number of primary amides is 1. The first-order chi connectivity index (χ1) is 14.2. The second-order valence-electron chi connectivity index (χ2n) is 6.56. The molecule has 0 spiro atoms. The van der Waals surface area contributed by atoms with Crippen LogP contribution in [0, 0.1) is 0 Å². The number of amides is 2. The average Bonchev–Trinajstić information content (AvgIpc) is 2.96. The fourth-order valence-corrected chi connectivity index (χ4v) is 3.08. The first-order valence-corrected chi connectivity index (χ1v) is 9.29. The lowest BCUT2D eigenvalue weighted by molar-refractivity contribution is 0.249. The molecule has 29 heavy (non-hydrogen) atoms. The summed E-state index contributed by atoms with van der Waals surface area (Å²) in [5.74, 6) is 1.41. The molecule has 0 saturated heterocycles. The molecule has 0 unspecified atom stereocenters. The Bertz CT molecular complexity index is 1030. The Kier molecular flexibility index (Phi) is 5.42. The van der Waals surface area contributed by atoms with Crippen molar-refractivity contribution in [2.24, 2.45) is 10.8 Å². The van der Waals surface area contributed by atoms with E-state index >= 15 is 0 Å². The van der Waals surface area contributed by atoms with Gasteiger partial charge in [0.15, 0.2) is 11.5 Å². The van der Waals surface area contributed by atoms with Crippen molar-refractivity contribution in [1.29, 1.82) is 0 Å². The number of hydrazone groups is 1. The molecule has 3 aromatic rings. The van der Waals surface area contributed by atoms with Gasteiger partial charge in [-0.2, -0.15) is 10.2 Å². The molecule has 2 heterocycles. The average molecular weight is 391 g/mol. The number of ether oxygens (including phenoxy) is 2. The summed E-state index contributed by atoms with van der Waals surface area (Å²) >= 11 is 0. The zero-order chi connectivity index (χ0) is 20.1. The molecule has 1 aromatic heterocycles. The van der Waals surface area contributed by atoms with E-state index in [0.717, 1.165) is 28.9 Å². The molecular weight excluding hydrogens is 370 g/mol. The van der Waals surface area contributed by atoms with Gasteiger partial charge in [-0.1, -0.05) is 30.3 Å². The number of hydrogen-bond acceptors (Lipinski definition) is 5. The molecule has 0 fully saturated rings. The summed E-state index contributed by atoms with van der Waals surface area (Å²) < 4.78 is 13.3. The lowest BCUT2D eigenvalue weighted by Crippen LogP contribution is -2.24. The quantitative estimate of drug-likeness (QED) is 0.515. The first kappa shape index (κ1) is 18.5. The summed E-state index contributed by atoms with van der Waals surface area (Å²) in [6, 6.07) is 15.0. The number of carbonyl (C=O) groups is 1. The number of urea groups is 1. The van der Waals surface area contributed by atoms with Crippen LogP contribution in [0.5, 0.6) is 11.5 Å². The van der Waals surface area contributed by atoms with Gasteiger partial charge in [0, 0.05) is 23.7 Å². The summed E-state index contributed by atoms with van der Waals surface area (Å²) in [6.45, 7) is 1.85. The number of rotatable bonds is 5. The van der Waals surface area contributed by atoms with Crippen molar-refractivity contribution in [2.75, 3.05) is 13.2 Å². The van der Waals surface area contributed by atoms with Crippen LogP contribution < -0.4 is 20.6 Å². The van der Waals surface area contributed by atoms with E-state index in [1.54, 1.807) is 0 Å². The van der Waals surface area contributed by atoms with Crippen LogP contribution in [-0.2, 0) is 6.54 Å². The van der Waals surface area contributed by atoms with Crippen molar-refractivity contribution < 1.29 is 14.3 Å². The highest BCUT2D eigenvalue weighted by Crippen LogP contribution is 2.34. The molecule has 4 rings (SSSR count). The van der Waals surface area contributed by atoms with Gasteiger partial charge in [0.05, 0.1) is 26.0 Å². The minimum absolute atomic E-state index is 0.607. The topological polar surface area (TPSA) is 104 Å². The largest absolute Gasteiger partial charge is 0.490 e. The molecule has 8 heteroatoms. The van der Waals surface area contributed by atoms with Crippen LogP contribution in [0.25, 0.3) is 11.3 Å². The molecule has 0 aliphatic carbocycles. The summed E-state index contributed by atoms with van der Waals surface area (Å²) in [7, 11) is 0. The number of hydrogen-bond donors (Lipinski definition) is 2. The standard InChI is InChI=1S/C21H21N5O3/c22-21(27)24-23-12-17-14-26(13-15-5-2-1-3-6-15)25-20(17)16-7-8-18-19(11-16)29-10-4-9-28-18/h1-3,5-8,11-12,14H,4,9-10,13H2,(H3,22,24,27)/b23-12-. The number of nitrogens with two attached hydrogens (primary N) is 1. The Morgan fingerprint density at radius 3 is 2.76 bits per heavy atom. The highest BCUT2D eigenvalue weighted by atomic mass is 16.5. The predicted molar refractivity (Wildman–Crippen MR) is 109 cm³/mol. The molecule has 0 bridgehead atoms. The van der Waals surface area contributed by atoms with Gasteiger partial charge in [0.2, 0.25) is 0 Å². The van der Waals surface area contributed by atoms with E-state index in [0.29, 0.717) is 31.2 Å². The van der Waals surface area contributed by atoms with E-state index in [9.17, 15) is 4.79 Å². The van der Waals surface area contributed by atoms with Crippen LogP contribution in [0.4, 0.5) is 4.79 Å². The fraction of sp³-hybridized carbons (Fsp3) is 0.190. The lowest BCUT2D eigenvalue weighted by atomic mass is 10.1. The van der Waals surface area contributed by atoms with Crippen LogP contribution >= 0.6 is 0 Å². The van der Waals surface area contributed by atoms with Gasteiger partial charge in [0.25, 0.3) is 0 Å². The Morgan fingerprint density at radius 2 is 1.97 bits per heavy atom. The smallest absolute Gasteiger partial charge is 0.332 e. The molecule has 0 atom stereocenters. The molecule has 0 saturated carbocycles. The van der Waals surface area contributed by atoms with E-state index in [1.807, 2.05) is 59.4 Å². The zero-order valence-electron chi connectivity index (χ0n) is 15.7. The molecular formula is C21H21N5O3. The molecule has 148 valence electrons. The fourth-order valence-electron chi connectivity index (χ4n) is 3.08. The Morgan fingerprint density at radius 1 is 1.17 bits per heavy atom. The predicted octanol–water partition coefficient (Wildman–Crippen LogP) is 2.76. The highest BCUT2D eigenvalue weighted by molar-refractivity contribution is 5.89. The van der Waals surface area contributed by atoms with Gasteiger partial charge in [-0.3, -0.25) is 4.68 Å². The van der Waals surface area contributed by atoms with E-state index in [-0.39, 0.29) is 0 Å².